The molecule has 0 bridgehead atoms. The van der Waals surface area contributed by atoms with E-state index >= 15 is 0 Å². The fourth-order valence-electron chi connectivity index (χ4n) is 2.09. The molecule has 0 saturated carbocycles. The first-order valence-electron chi connectivity index (χ1n) is 6.43. The summed E-state index contributed by atoms with van der Waals surface area (Å²) < 4.78 is 5.16. The predicted octanol–water partition coefficient (Wildman–Crippen LogP) is 3.37. The number of aliphatic hydroxyl groups is 1. The molecule has 114 valence electrons. The zero-order valence-corrected chi connectivity index (χ0v) is 13.3. The smallest absolute Gasteiger partial charge is 0.137 e. The van der Waals surface area contributed by atoms with Gasteiger partial charge in [0.05, 0.1) is 24.3 Å². The molecule has 5 heteroatoms. The van der Waals surface area contributed by atoms with Gasteiger partial charge in [0.25, 0.3) is 0 Å². The van der Waals surface area contributed by atoms with Gasteiger partial charge in [-0.05, 0) is 23.3 Å². The Morgan fingerprint density at radius 1 is 1.19 bits per heavy atom. The van der Waals surface area contributed by atoms with Gasteiger partial charge in [-0.2, -0.15) is 0 Å². The van der Waals surface area contributed by atoms with Gasteiger partial charge in [-0.1, -0.05) is 48.0 Å². The van der Waals surface area contributed by atoms with Crippen LogP contribution in [0.4, 0.5) is 0 Å². The van der Waals surface area contributed by atoms with Gasteiger partial charge in [-0.25, -0.2) is 0 Å². The molecular formula is C16H19Cl2NO2. The van der Waals surface area contributed by atoms with E-state index in [0.717, 1.165) is 11.1 Å². The predicted molar refractivity (Wildman–Crippen MR) is 88.3 cm³/mol. The second-order valence-corrected chi connectivity index (χ2v) is 5.08. The summed E-state index contributed by atoms with van der Waals surface area (Å²) in [4.78, 5) is 0. The molecule has 0 radical (unpaired) electrons. The van der Waals surface area contributed by atoms with Crippen LogP contribution >= 0.6 is 24.0 Å². The van der Waals surface area contributed by atoms with E-state index in [-0.39, 0.29) is 12.4 Å². The fourth-order valence-corrected chi connectivity index (χ4v) is 2.28. The average Bonchev–Trinajstić information content (AvgIpc) is 2.48. The Morgan fingerprint density at radius 3 is 2.48 bits per heavy atom. The van der Waals surface area contributed by atoms with Crippen LogP contribution in [0.2, 0.25) is 5.02 Å². The van der Waals surface area contributed by atoms with Crippen LogP contribution in [0.15, 0.2) is 48.5 Å². The summed E-state index contributed by atoms with van der Waals surface area (Å²) in [6, 6.07) is 14.6. The van der Waals surface area contributed by atoms with E-state index in [2.05, 4.69) is 0 Å². The first kappa shape index (κ1) is 17.8. The Kier molecular flexibility index (Phi) is 6.99. The zero-order chi connectivity index (χ0) is 14.5. The van der Waals surface area contributed by atoms with Crippen molar-refractivity contribution in [3.05, 3.63) is 64.7 Å². The third kappa shape index (κ3) is 4.61. The molecule has 0 aliphatic rings. The topological polar surface area (TPSA) is 55.5 Å². The maximum absolute atomic E-state index is 10.3. The molecule has 2 rings (SSSR count). The van der Waals surface area contributed by atoms with E-state index in [1.54, 1.807) is 19.2 Å². The van der Waals surface area contributed by atoms with E-state index in [4.69, 9.17) is 22.1 Å². The van der Waals surface area contributed by atoms with Crippen LogP contribution in [-0.4, -0.2) is 18.3 Å². The third-order valence-corrected chi connectivity index (χ3v) is 3.57. The number of aliphatic hydroxyl groups excluding tert-OH is 1. The van der Waals surface area contributed by atoms with Crippen molar-refractivity contribution in [1.29, 1.82) is 0 Å². The van der Waals surface area contributed by atoms with Crippen molar-refractivity contribution >= 4 is 24.0 Å². The summed E-state index contributed by atoms with van der Waals surface area (Å²) in [5.41, 5.74) is 7.96. The van der Waals surface area contributed by atoms with Gasteiger partial charge < -0.3 is 15.6 Å². The highest BCUT2D eigenvalue weighted by Crippen LogP contribution is 2.28. The molecule has 0 spiro atoms. The molecule has 3 N–H and O–H groups in total. The van der Waals surface area contributed by atoms with Gasteiger partial charge in [-0.15, -0.1) is 12.4 Å². The molecule has 2 atom stereocenters. The van der Waals surface area contributed by atoms with Gasteiger partial charge in [0.1, 0.15) is 5.75 Å². The van der Waals surface area contributed by atoms with E-state index in [1.807, 2.05) is 36.4 Å². The molecule has 0 heterocycles. The second kappa shape index (κ2) is 8.25. The number of rotatable bonds is 5. The lowest BCUT2D eigenvalue weighted by atomic mass is 9.97. The minimum absolute atomic E-state index is 0. The lowest BCUT2D eigenvalue weighted by molar-refractivity contribution is 0.145. The zero-order valence-electron chi connectivity index (χ0n) is 11.7. The molecule has 0 saturated heterocycles. The van der Waals surface area contributed by atoms with Crippen molar-refractivity contribution in [3.63, 3.8) is 0 Å². The normalized spacial score (nSPS) is 13.1. The quantitative estimate of drug-likeness (QED) is 0.885. The molecule has 3 nitrogen and oxygen atoms in total. The van der Waals surface area contributed by atoms with E-state index < -0.39 is 12.1 Å². The van der Waals surface area contributed by atoms with Crippen LogP contribution in [0.1, 0.15) is 17.2 Å². The van der Waals surface area contributed by atoms with Gasteiger partial charge >= 0.3 is 0 Å². The van der Waals surface area contributed by atoms with E-state index in [0.29, 0.717) is 17.2 Å². The van der Waals surface area contributed by atoms with Gasteiger partial charge in [-0.3, -0.25) is 0 Å². The average molecular weight is 328 g/mol. The summed E-state index contributed by atoms with van der Waals surface area (Å²) >= 11 is 5.98. The Bertz CT molecular complexity index is 563. The Hall–Kier alpha value is -1.26. The number of ether oxygens (including phenoxy) is 1. The lowest BCUT2D eigenvalue weighted by Crippen LogP contribution is -2.28. The minimum Gasteiger partial charge on any atom is -0.495 e. The highest BCUT2D eigenvalue weighted by Gasteiger charge is 2.18. The maximum Gasteiger partial charge on any atom is 0.137 e. The van der Waals surface area contributed by atoms with Crippen LogP contribution < -0.4 is 10.5 Å². The standard InChI is InChI=1S/C16H18ClNO2.ClH/c1-20-15-10-12(7-8-13(15)17)16(18)14(19)9-11-5-3-2-4-6-11;/h2-8,10,14,16,19H,9,18H2,1H3;1H/t14-,16+;/m1./s1. The highest BCUT2D eigenvalue weighted by molar-refractivity contribution is 6.32. The summed E-state index contributed by atoms with van der Waals surface area (Å²) in [5.74, 6) is 0.562. The highest BCUT2D eigenvalue weighted by atomic mass is 35.5. The third-order valence-electron chi connectivity index (χ3n) is 3.26. The number of hydrogen-bond donors (Lipinski definition) is 2. The van der Waals surface area contributed by atoms with Crippen LogP contribution in [-0.2, 0) is 6.42 Å². The summed E-state index contributed by atoms with van der Waals surface area (Å²) in [6.45, 7) is 0. The lowest BCUT2D eigenvalue weighted by Gasteiger charge is -2.20. The first-order valence-corrected chi connectivity index (χ1v) is 6.80. The molecule has 0 aromatic heterocycles. The monoisotopic (exact) mass is 327 g/mol. The van der Waals surface area contributed by atoms with Crippen molar-refractivity contribution in [3.8, 4) is 5.75 Å². The molecular weight excluding hydrogens is 309 g/mol. The summed E-state index contributed by atoms with van der Waals surface area (Å²) in [6.07, 6.45) is -0.157. The Labute approximate surface area is 136 Å². The van der Waals surface area contributed by atoms with Gasteiger partial charge in [0.2, 0.25) is 0 Å². The van der Waals surface area contributed by atoms with Crippen LogP contribution in [0, 0.1) is 0 Å². The molecule has 0 aliphatic heterocycles. The summed E-state index contributed by atoms with van der Waals surface area (Å²) in [5, 5.41) is 10.8. The van der Waals surface area contributed by atoms with Gasteiger partial charge in [0.15, 0.2) is 0 Å². The van der Waals surface area contributed by atoms with E-state index in [1.165, 1.54) is 0 Å². The van der Waals surface area contributed by atoms with Crippen LogP contribution in [0.3, 0.4) is 0 Å². The van der Waals surface area contributed by atoms with Crippen molar-refractivity contribution in [2.24, 2.45) is 5.73 Å². The van der Waals surface area contributed by atoms with Crippen molar-refractivity contribution < 1.29 is 9.84 Å². The molecule has 0 aliphatic carbocycles. The van der Waals surface area contributed by atoms with Crippen molar-refractivity contribution in [2.75, 3.05) is 7.11 Å². The minimum atomic E-state index is -0.664. The SMILES string of the molecule is COc1cc([C@H](N)[C@H](O)Cc2ccccc2)ccc1Cl.Cl. The number of hydrogen-bond acceptors (Lipinski definition) is 3. The Balaban J connectivity index is 0.00000220. The molecule has 2 aromatic rings. The van der Waals surface area contributed by atoms with Crippen molar-refractivity contribution in [2.45, 2.75) is 18.6 Å². The number of methoxy groups -OCH3 is 1. The molecule has 2 aromatic carbocycles. The maximum atomic E-state index is 10.3. The van der Waals surface area contributed by atoms with Crippen molar-refractivity contribution in [1.82, 2.24) is 0 Å². The number of halogens is 2. The molecule has 0 unspecified atom stereocenters. The largest absolute Gasteiger partial charge is 0.495 e. The second-order valence-electron chi connectivity index (χ2n) is 4.68. The van der Waals surface area contributed by atoms with Gasteiger partial charge in [0, 0.05) is 6.42 Å². The van der Waals surface area contributed by atoms with E-state index in [9.17, 15) is 5.11 Å². The number of benzene rings is 2. The molecule has 21 heavy (non-hydrogen) atoms. The molecule has 0 amide bonds. The number of nitrogens with two attached hydrogens (primary N) is 1. The molecule has 0 fully saturated rings. The van der Waals surface area contributed by atoms with Crippen LogP contribution in [0.5, 0.6) is 5.75 Å². The summed E-state index contributed by atoms with van der Waals surface area (Å²) in [7, 11) is 1.55. The first-order chi connectivity index (χ1) is 9.61. The Morgan fingerprint density at radius 2 is 1.86 bits per heavy atom. The van der Waals surface area contributed by atoms with Crippen LogP contribution in [0.25, 0.3) is 0 Å². The fraction of sp³-hybridized carbons (Fsp3) is 0.250.